The van der Waals surface area contributed by atoms with Crippen molar-refractivity contribution < 1.29 is 9.53 Å². The number of carbonyl (C=O) groups excluding carboxylic acids is 1. The Hall–Kier alpha value is -2.94. The predicted molar refractivity (Wildman–Crippen MR) is 89.8 cm³/mol. The Labute approximate surface area is 139 Å². The molecule has 0 atom stereocenters. The lowest BCUT2D eigenvalue weighted by atomic mass is 10.2. The topological polar surface area (TPSA) is 106 Å². The van der Waals surface area contributed by atoms with E-state index in [1.807, 2.05) is 0 Å². The molecule has 0 aliphatic carbocycles. The molecular formula is C15H14N4O4S. The average Bonchev–Trinajstić information content (AvgIpc) is 3.06. The Kier molecular flexibility index (Phi) is 4.43. The number of H-pyrrole nitrogens is 1. The van der Waals surface area contributed by atoms with Gasteiger partial charge in [-0.15, -0.1) is 11.3 Å². The predicted octanol–water partition coefficient (Wildman–Crippen LogP) is 0.585. The maximum Gasteiger partial charge on any atom is 0.328 e. The zero-order valence-corrected chi connectivity index (χ0v) is 13.6. The molecule has 0 saturated heterocycles. The van der Waals surface area contributed by atoms with Gasteiger partial charge >= 0.3 is 5.69 Å². The summed E-state index contributed by atoms with van der Waals surface area (Å²) in [6.45, 7) is 0.222. The highest BCUT2D eigenvalue weighted by Crippen LogP contribution is 2.12. The highest BCUT2D eigenvalue weighted by molar-refractivity contribution is 7.17. The highest BCUT2D eigenvalue weighted by Gasteiger charge is 2.10. The lowest BCUT2D eigenvalue weighted by Crippen LogP contribution is -2.38. The molecule has 0 saturated carbocycles. The number of nitrogens with one attached hydrogen (secondary N) is 2. The summed E-state index contributed by atoms with van der Waals surface area (Å²) in [5.74, 6) is -0.00385. The van der Waals surface area contributed by atoms with Gasteiger partial charge in [-0.25, -0.2) is 9.78 Å². The van der Waals surface area contributed by atoms with Crippen LogP contribution in [0, 0.1) is 0 Å². The minimum Gasteiger partial charge on any atom is -0.481 e. The van der Waals surface area contributed by atoms with E-state index in [0.29, 0.717) is 21.7 Å². The van der Waals surface area contributed by atoms with Crippen LogP contribution >= 0.6 is 11.3 Å². The minimum atomic E-state index is -0.495. The van der Waals surface area contributed by atoms with Crippen molar-refractivity contribution in [2.24, 2.45) is 0 Å². The largest absolute Gasteiger partial charge is 0.481 e. The first-order valence-electron chi connectivity index (χ1n) is 7.08. The number of hydrogen-bond acceptors (Lipinski definition) is 6. The molecule has 0 aromatic carbocycles. The fourth-order valence-corrected chi connectivity index (χ4v) is 3.02. The number of methoxy groups -OCH3 is 1. The van der Waals surface area contributed by atoms with Gasteiger partial charge in [0, 0.05) is 30.9 Å². The third-order valence-electron chi connectivity index (χ3n) is 3.42. The van der Waals surface area contributed by atoms with E-state index in [2.05, 4.69) is 15.3 Å². The number of ether oxygens (including phenoxy) is 1. The third kappa shape index (κ3) is 3.06. The van der Waals surface area contributed by atoms with Crippen molar-refractivity contribution >= 4 is 27.5 Å². The number of fused-ring (bicyclic) bond motifs is 1. The fourth-order valence-electron chi connectivity index (χ4n) is 2.22. The number of hydrogen-bond donors (Lipinski definition) is 2. The summed E-state index contributed by atoms with van der Waals surface area (Å²) in [7, 11) is 1.46. The molecule has 124 valence electrons. The fraction of sp³-hybridized carbons (Fsp3) is 0.200. The molecule has 2 N–H and O–H groups in total. The second kappa shape index (κ2) is 6.67. The van der Waals surface area contributed by atoms with Gasteiger partial charge in [-0.1, -0.05) is 0 Å². The summed E-state index contributed by atoms with van der Waals surface area (Å²) >= 11 is 1.27. The van der Waals surface area contributed by atoms with Crippen LogP contribution < -0.4 is 21.3 Å². The SMILES string of the molecule is COc1cc(C(=O)NCCn2c(=O)[nH]c3ccsc3c2=O)ccn1. The first-order valence-corrected chi connectivity index (χ1v) is 7.96. The van der Waals surface area contributed by atoms with Crippen molar-refractivity contribution in [3.8, 4) is 5.88 Å². The number of amides is 1. The number of nitrogens with zero attached hydrogens (tertiary/aromatic N) is 2. The molecule has 0 aliphatic rings. The van der Waals surface area contributed by atoms with Crippen molar-refractivity contribution in [3.63, 3.8) is 0 Å². The Morgan fingerprint density at radius 3 is 3.04 bits per heavy atom. The lowest BCUT2D eigenvalue weighted by molar-refractivity contribution is 0.0951. The molecule has 0 bridgehead atoms. The zero-order valence-electron chi connectivity index (χ0n) is 12.7. The van der Waals surface area contributed by atoms with Crippen molar-refractivity contribution in [3.05, 3.63) is 56.2 Å². The van der Waals surface area contributed by atoms with Crippen LogP contribution in [-0.4, -0.2) is 34.1 Å². The molecule has 0 fully saturated rings. The summed E-state index contributed by atoms with van der Waals surface area (Å²) < 4.78 is 6.52. The second-order valence-corrected chi connectivity index (χ2v) is 5.81. The molecule has 0 unspecified atom stereocenters. The van der Waals surface area contributed by atoms with Gasteiger partial charge in [0.2, 0.25) is 5.88 Å². The Morgan fingerprint density at radius 1 is 1.42 bits per heavy atom. The number of carbonyl (C=O) groups is 1. The van der Waals surface area contributed by atoms with E-state index in [1.165, 1.54) is 30.7 Å². The Balaban J connectivity index is 1.71. The molecule has 9 heteroatoms. The van der Waals surface area contributed by atoms with E-state index < -0.39 is 5.69 Å². The van der Waals surface area contributed by atoms with Gasteiger partial charge in [-0.05, 0) is 17.5 Å². The number of rotatable bonds is 5. The summed E-state index contributed by atoms with van der Waals surface area (Å²) in [6.07, 6.45) is 1.47. The van der Waals surface area contributed by atoms with E-state index in [0.717, 1.165) is 4.57 Å². The van der Waals surface area contributed by atoms with E-state index in [1.54, 1.807) is 17.5 Å². The van der Waals surface area contributed by atoms with E-state index in [9.17, 15) is 14.4 Å². The van der Waals surface area contributed by atoms with Crippen LogP contribution in [0.2, 0.25) is 0 Å². The van der Waals surface area contributed by atoms with Crippen molar-refractivity contribution in [1.82, 2.24) is 19.9 Å². The first-order chi connectivity index (χ1) is 11.6. The molecule has 0 aliphatic heterocycles. The molecule has 3 heterocycles. The molecule has 1 amide bonds. The van der Waals surface area contributed by atoms with Crippen LogP contribution in [0.5, 0.6) is 5.88 Å². The molecular weight excluding hydrogens is 332 g/mol. The van der Waals surface area contributed by atoms with Crippen molar-refractivity contribution in [2.75, 3.05) is 13.7 Å². The number of pyridine rings is 1. The maximum atomic E-state index is 12.3. The molecule has 24 heavy (non-hydrogen) atoms. The van der Waals surface area contributed by atoms with Gasteiger partial charge in [-0.3, -0.25) is 14.2 Å². The standard InChI is InChI=1S/C15H14N4O4S/c1-23-11-8-9(2-4-16-11)13(20)17-5-6-19-14(21)12-10(3-7-24-12)18-15(19)22/h2-4,7-8H,5-6H2,1H3,(H,17,20)(H,18,22). The number of thiophene rings is 1. The van der Waals surface area contributed by atoms with Gasteiger partial charge in [0.1, 0.15) is 4.70 Å². The van der Waals surface area contributed by atoms with Crippen molar-refractivity contribution in [1.29, 1.82) is 0 Å². The van der Waals surface area contributed by atoms with Crippen LogP contribution in [0.4, 0.5) is 0 Å². The smallest absolute Gasteiger partial charge is 0.328 e. The van der Waals surface area contributed by atoms with Gasteiger partial charge in [-0.2, -0.15) is 0 Å². The zero-order chi connectivity index (χ0) is 17.1. The second-order valence-electron chi connectivity index (χ2n) is 4.89. The summed E-state index contributed by atoms with van der Waals surface area (Å²) in [5, 5.41) is 4.40. The molecule has 8 nitrogen and oxygen atoms in total. The quantitative estimate of drug-likeness (QED) is 0.703. The van der Waals surface area contributed by atoms with Gasteiger partial charge in [0.15, 0.2) is 0 Å². The Bertz CT molecular complexity index is 1000. The summed E-state index contributed by atoms with van der Waals surface area (Å²) in [6, 6.07) is 4.74. The Morgan fingerprint density at radius 2 is 2.25 bits per heavy atom. The maximum absolute atomic E-state index is 12.3. The monoisotopic (exact) mass is 346 g/mol. The molecule has 3 rings (SSSR count). The molecule has 3 aromatic rings. The molecule has 0 radical (unpaired) electrons. The van der Waals surface area contributed by atoms with Crippen LogP contribution in [0.15, 0.2) is 39.4 Å². The summed E-state index contributed by atoms with van der Waals surface area (Å²) in [4.78, 5) is 42.9. The van der Waals surface area contributed by atoms with E-state index >= 15 is 0 Å². The molecule has 3 aromatic heterocycles. The van der Waals surface area contributed by atoms with E-state index in [-0.39, 0.29) is 24.6 Å². The van der Waals surface area contributed by atoms with Crippen LogP contribution in [-0.2, 0) is 6.54 Å². The van der Waals surface area contributed by atoms with Gasteiger partial charge < -0.3 is 15.0 Å². The number of aromatic nitrogens is 3. The van der Waals surface area contributed by atoms with Gasteiger partial charge in [0.25, 0.3) is 11.5 Å². The summed E-state index contributed by atoms with van der Waals surface area (Å²) in [5.41, 5.74) is 0.0605. The van der Waals surface area contributed by atoms with Crippen molar-refractivity contribution in [2.45, 2.75) is 6.54 Å². The average molecular weight is 346 g/mol. The third-order valence-corrected chi connectivity index (χ3v) is 4.32. The van der Waals surface area contributed by atoms with Crippen LogP contribution in [0.3, 0.4) is 0 Å². The van der Waals surface area contributed by atoms with E-state index in [4.69, 9.17) is 4.74 Å². The first kappa shape index (κ1) is 15.9. The molecule has 0 spiro atoms. The highest BCUT2D eigenvalue weighted by atomic mass is 32.1. The minimum absolute atomic E-state index is 0.0793. The van der Waals surface area contributed by atoms with Gasteiger partial charge in [0.05, 0.1) is 12.6 Å². The normalized spacial score (nSPS) is 10.7. The number of aromatic amines is 1. The van der Waals surface area contributed by atoms with Crippen LogP contribution in [0.1, 0.15) is 10.4 Å². The van der Waals surface area contributed by atoms with Crippen LogP contribution in [0.25, 0.3) is 10.2 Å². The lowest BCUT2D eigenvalue weighted by Gasteiger charge is -2.07.